The van der Waals surface area contributed by atoms with Crippen LogP contribution < -0.4 is 11.1 Å². The Bertz CT molecular complexity index is 345. The van der Waals surface area contributed by atoms with E-state index in [1.165, 1.54) is 0 Å². The van der Waals surface area contributed by atoms with Crippen molar-refractivity contribution in [3.8, 4) is 0 Å². The third-order valence-electron chi connectivity index (χ3n) is 2.22. The molecule has 0 saturated heterocycles. The van der Waals surface area contributed by atoms with Gasteiger partial charge in [-0.1, -0.05) is 20.8 Å². The molecule has 0 aliphatic heterocycles. The maximum atomic E-state index is 11.2. The lowest BCUT2D eigenvalue weighted by Gasteiger charge is -2.33. The normalized spacial score (nSPS) is 16.6. The van der Waals surface area contributed by atoms with Crippen LogP contribution in [0.4, 0.5) is 4.79 Å². The second-order valence-electron chi connectivity index (χ2n) is 5.04. The highest BCUT2D eigenvalue weighted by Gasteiger charge is 2.32. The van der Waals surface area contributed by atoms with Gasteiger partial charge in [-0.3, -0.25) is 0 Å². The van der Waals surface area contributed by atoms with Crippen molar-refractivity contribution in [2.24, 2.45) is 11.1 Å². The van der Waals surface area contributed by atoms with Crippen LogP contribution in [0.15, 0.2) is 0 Å². The molecule has 0 spiro atoms. The highest BCUT2D eigenvalue weighted by Crippen LogP contribution is 2.20. The highest BCUT2D eigenvalue weighted by molar-refractivity contribution is 7.90. The molecule has 0 aromatic rings. The number of amides is 1. The summed E-state index contributed by atoms with van der Waals surface area (Å²) >= 11 is 0. The van der Waals surface area contributed by atoms with Gasteiger partial charge in [-0.25, -0.2) is 13.2 Å². The summed E-state index contributed by atoms with van der Waals surface area (Å²) < 4.78 is 22.3. The summed E-state index contributed by atoms with van der Waals surface area (Å²) in [7, 11) is -3.28. The van der Waals surface area contributed by atoms with Crippen LogP contribution in [0.5, 0.6) is 0 Å². The Morgan fingerprint density at radius 1 is 1.44 bits per heavy atom. The smallest absolute Gasteiger partial charge is 0.404 e. The first-order valence-corrected chi connectivity index (χ1v) is 6.92. The van der Waals surface area contributed by atoms with E-state index in [2.05, 4.69) is 5.32 Å². The summed E-state index contributed by atoms with van der Waals surface area (Å²) in [5, 5.41) is 10.8. The van der Waals surface area contributed by atoms with Crippen molar-refractivity contribution in [2.75, 3.05) is 12.0 Å². The molecule has 4 N–H and O–H groups in total. The maximum Gasteiger partial charge on any atom is 0.404 e. The first kappa shape index (κ1) is 15.2. The van der Waals surface area contributed by atoms with Gasteiger partial charge in [0.05, 0.1) is 11.8 Å². The van der Waals surface area contributed by atoms with Gasteiger partial charge in [0.2, 0.25) is 0 Å². The van der Waals surface area contributed by atoms with Gasteiger partial charge in [0.15, 0.2) is 0 Å². The molecule has 16 heavy (non-hydrogen) atoms. The topological polar surface area (TPSA) is 109 Å². The third kappa shape index (κ3) is 5.92. The summed E-state index contributed by atoms with van der Waals surface area (Å²) in [5.74, 6) is -0.294. The van der Waals surface area contributed by atoms with E-state index in [1.807, 2.05) is 20.8 Å². The van der Waals surface area contributed by atoms with Gasteiger partial charge in [-0.15, -0.1) is 0 Å². The molecule has 0 rings (SSSR count). The van der Waals surface area contributed by atoms with Crippen LogP contribution >= 0.6 is 0 Å². The molecule has 0 aromatic heterocycles. The molecule has 6 nitrogen and oxygen atoms in total. The lowest BCUT2D eigenvalue weighted by atomic mass is 9.83. The van der Waals surface area contributed by atoms with E-state index in [4.69, 9.17) is 10.8 Å². The Kier molecular flexibility index (Phi) is 4.75. The van der Waals surface area contributed by atoms with E-state index in [-0.39, 0.29) is 11.2 Å². The van der Waals surface area contributed by atoms with E-state index in [1.54, 1.807) is 0 Å². The van der Waals surface area contributed by atoms with Crippen molar-refractivity contribution in [3.63, 3.8) is 0 Å². The van der Waals surface area contributed by atoms with Crippen molar-refractivity contribution in [1.29, 1.82) is 0 Å². The minimum absolute atomic E-state index is 0.294. The molecular formula is C9H20N2O4S. The monoisotopic (exact) mass is 252 g/mol. The van der Waals surface area contributed by atoms with E-state index >= 15 is 0 Å². The fourth-order valence-corrected chi connectivity index (χ4v) is 2.27. The molecule has 1 amide bonds. The summed E-state index contributed by atoms with van der Waals surface area (Å²) in [6, 6.07) is -1.37. The van der Waals surface area contributed by atoms with Gasteiger partial charge in [-0.05, 0) is 5.41 Å². The number of nitrogens with one attached hydrogen (secondary N) is 1. The van der Waals surface area contributed by atoms with E-state index in [9.17, 15) is 13.2 Å². The fraction of sp³-hybridized carbons (Fsp3) is 0.889. The molecule has 0 heterocycles. The molecule has 0 radical (unpaired) electrons. The average molecular weight is 252 g/mol. The molecule has 96 valence electrons. The number of sulfone groups is 1. The Morgan fingerprint density at radius 3 is 2.12 bits per heavy atom. The van der Waals surface area contributed by atoms with Gasteiger partial charge < -0.3 is 16.2 Å². The first-order chi connectivity index (χ1) is 6.93. The molecule has 0 bridgehead atoms. The van der Waals surface area contributed by atoms with Gasteiger partial charge in [-0.2, -0.15) is 0 Å². The average Bonchev–Trinajstić information content (AvgIpc) is 1.96. The highest BCUT2D eigenvalue weighted by atomic mass is 32.2. The Hall–Kier alpha value is -0.820. The Morgan fingerprint density at radius 2 is 1.88 bits per heavy atom. The zero-order chi connectivity index (χ0) is 13.1. The molecule has 0 saturated carbocycles. The number of carboxylic acid groups (broad SMARTS) is 1. The fourth-order valence-electron chi connectivity index (χ4n) is 1.32. The molecule has 7 heteroatoms. The Balaban J connectivity index is 4.88. The second-order valence-corrected chi connectivity index (χ2v) is 7.23. The van der Waals surface area contributed by atoms with Crippen LogP contribution in [-0.4, -0.2) is 43.7 Å². The minimum Gasteiger partial charge on any atom is -0.465 e. The van der Waals surface area contributed by atoms with Crippen molar-refractivity contribution in [2.45, 2.75) is 32.9 Å². The van der Waals surface area contributed by atoms with E-state index in [0.29, 0.717) is 0 Å². The SMILES string of the molecule is CC(C)(C)C(N)C(CS(C)(=O)=O)NC(=O)O. The van der Waals surface area contributed by atoms with Crippen LogP contribution in [0.3, 0.4) is 0 Å². The van der Waals surface area contributed by atoms with Gasteiger partial charge in [0, 0.05) is 12.3 Å². The summed E-state index contributed by atoms with van der Waals surface area (Å²) in [4.78, 5) is 10.6. The zero-order valence-corrected chi connectivity index (χ0v) is 10.8. The van der Waals surface area contributed by atoms with Crippen LogP contribution in [0.2, 0.25) is 0 Å². The summed E-state index contributed by atoms with van der Waals surface area (Å²) in [5.41, 5.74) is 5.48. The molecular weight excluding hydrogens is 232 g/mol. The number of rotatable bonds is 4. The van der Waals surface area contributed by atoms with Crippen molar-refractivity contribution in [3.05, 3.63) is 0 Å². The summed E-state index contributed by atoms with van der Waals surface area (Å²) in [6.45, 7) is 5.49. The molecule has 0 fully saturated rings. The molecule has 2 unspecified atom stereocenters. The zero-order valence-electron chi connectivity index (χ0n) is 10.0. The Labute approximate surface area is 96.1 Å². The number of hydrogen-bond acceptors (Lipinski definition) is 4. The van der Waals surface area contributed by atoms with Crippen molar-refractivity contribution >= 4 is 15.9 Å². The van der Waals surface area contributed by atoms with Crippen LogP contribution in [0, 0.1) is 5.41 Å². The van der Waals surface area contributed by atoms with E-state index in [0.717, 1.165) is 6.26 Å². The van der Waals surface area contributed by atoms with E-state index < -0.39 is 28.0 Å². The minimum atomic E-state index is -3.28. The lowest BCUT2D eigenvalue weighted by molar-refractivity contribution is 0.181. The van der Waals surface area contributed by atoms with Crippen LogP contribution in [0.25, 0.3) is 0 Å². The molecule has 0 aliphatic carbocycles. The number of carbonyl (C=O) groups is 1. The molecule has 2 atom stereocenters. The van der Waals surface area contributed by atoms with Gasteiger partial charge in [0.1, 0.15) is 9.84 Å². The predicted molar refractivity (Wildman–Crippen MR) is 62.1 cm³/mol. The molecule has 0 aromatic carbocycles. The van der Waals surface area contributed by atoms with Crippen molar-refractivity contribution < 1.29 is 18.3 Å². The van der Waals surface area contributed by atoms with Crippen LogP contribution in [0.1, 0.15) is 20.8 Å². The van der Waals surface area contributed by atoms with Crippen LogP contribution in [-0.2, 0) is 9.84 Å². The second kappa shape index (κ2) is 5.01. The van der Waals surface area contributed by atoms with Gasteiger partial charge >= 0.3 is 6.09 Å². The largest absolute Gasteiger partial charge is 0.465 e. The first-order valence-electron chi connectivity index (χ1n) is 4.86. The van der Waals surface area contributed by atoms with Gasteiger partial charge in [0.25, 0.3) is 0 Å². The quantitative estimate of drug-likeness (QED) is 0.654. The number of hydrogen-bond donors (Lipinski definition) is 3. The van der Waals surface area contributed by atoms with Crippen molar-refractivity contribution in [1.82, 2.24) is 5.32 Å². The number of nitrogens with two attached hydrogens (primary N) is 1. The predicted octanol–water partition coefficient (Wildman–Crippen LogP) is 0.0406. The standard InChI is InChI=1S/C9H20N2O4S/c1-9(2,3)7(10)6(11-8(12)13)5-16(4,14)15/h6-7,11H,5,10H2,1-4H3,(H,12,13). The maximum absolute atomic E-state index is 11.2. The summed E-state index contributed by atoms with van der Waals surface area (Å²) in [6.07, 6.45) is -0.216. The molecule has 0 aliphatic rings. The third-order valence-corrected chi connectivity index (χ3v) is 3.19. The lowest BCUT2D eigenvalue weighted by Crippen LogP contribution is -2.56.